The Morgan fingerprint density at radius 1 is 0.917 bits per heavy atom. The van der Waals surface area contributed by atoms with Crippen LogP contribution >= 0.6 is 0 Å². The average molecular weight is 391 g/mol. The van der Waals surface area contributed by atoms with E-state index in [2.05, 4.69) is 6.58 Å². The molecular weight excluding hydrogens is 371 g/mol. The minimum atomic E-state index is -6.26. The molecule has 0 rings (SSSR count). The fraction of sp³-hybridized carbons (Fsp3) is 0.833. The van der Waals surface area contributed by atoms with Crippen LogP contribution in [0.25, 0.3) is 0 Å². The molecular formula is C12H20F7NO3S. The van der Waals surface area contributed by atoms with Gasteiger partial charge in [0, 0.05) is 19.4 Å². The zero-order chi connectivity index (χ0) is 19.7. The van der Waals surface area contributed by atoms with Crippen LogP contribution in [0, 0.1) is 0 Å². The molecule has 0 amide bonds. The smallest absolute Gasteiger partial charge is 0.327 e. The molecule has 0 aromatic heterocycles. The van der Waals surface area contributed by atoms with E-state index in [1.165, 1.54) is 0 Å². The van der Waals surface area contributed by atoms with Crippen molar-refractivity contribution in [3.63, 3.8) is 0 Å². The molecule has 0 unspecified atom stereocenters. The van der Waals surface area contributed by atoms with Gasteiger partial charge in [0.25, 0.3) is 0 Å². The van der Waals surface area contributed by atoms with Gasteiger partial charge in [0.15, 0.2) is 0 Å². The van der Waals surface area contributed by atoms with E-state index in [-0.39, 0.29) is 19.3 Å². The van der Waals surface area contributed by atoms with Gasteiger partial charge in [0.2, 0.25) is 0 Å². The maximum Gasteiger partial charge on any atom is 0.431 e. The molecule has 0 aliphatic carbocycles. The average Bonchev–Trinajstić information content (AvgIpc) is 2.40. The molecule has 0 saturated carbocycles. The van der Waals surface area contributed by atoms with Crippen molar-refractivity contribution in [1.82, 2.24) is 0 Å². The number of alkyl halides is 7. The van der Waals surface area contributed by atoms with Gasteiger partial charge in [-0.25, -0.2) is 0 Å². The van der Waals surface area contributed by atoms with Crippen molar-refractivity contribution in [1.29, 1.82) is 0 Å². The van der Waals surface area contributed by atoms with Crippen LogP contribution in [-0.4, -0.2) is 36.9 Å². The molecule has 0 aromatic carbocycles. The van der Waals surface area contributed by atoms with Crippen molar-refractivity contribution in [3.8, 4) is 0 Å². The second-order valence-corrected chi connectivity index (χ2v) is 6.21. The number of halogens is 7. The maximum atomic E-state index is 12.9. The van der Waals surface area contributed by atoms with Crippen molar-refractivity contribution in [2.75, 3.05) is 6.54 Å². The normalized spacial score (nSPS) is 13.2. The molecule has 146 valence electrons. The van der Waals surface area contributed by atoms with Crippen LogP contribution < -0.4 is 5.73 Å². The molecule has 12 heteroatoms. The third-order valence-corrected chi connectivity index (χ3v) is 3.56. The summed E-state index contributed by atoms with van der Waals surface area (Å²) in [5.41, 5.74) is 4.91. The summed E-state index contributed by atoms with van der Waals surface area (Å²) in [4.78, 5) is 0. The molecule has 4 nitrogen and oxygen atoms in total. The lowest BCUT2D eigenvalue weighted by molar-refractivity contribution is -0.164. The van der Waals surface area contributed by atoms with Gasteiger partial charge in [-0.05, 0) is 12.8 Å². The Labute approximate surface area is 135 Å². The van der Waals surface area contributed by atoms with Crippen molar-refractivity contribution in [3.05, 3.63) is 12.7 Å². The van der Waals surface area contributed by atoms with E-state index in [0.717, 1.165) is 0 Å². The molecule has 3 N–H and O–H groups in total. The lowest BCUT2D eigenvalue weighted by Gasteiger charge is -2.23. The lowest BCUT2D eigenvalue weighted by Crippen LogP contribution is -2.46. The van der Waals surface area contributed by atoms with Gasteiger partial charge in [-0.1, -0.05) is 18.9 Å². The highest BCUT2D eigenvalue weighted by molar-refractivity contribution is 7.87. The van der Waals surface area contributed by atoms with Crippen LogP contribution in [0.3, 0.4) is 0 Å². The van der Waals surface area contributed by atoms with Crippen molar-refractivity contribution in [2.24, 2.45) is 5.73 Å². The molecule has 0 bridgehead atoms. The Balaban J connectivity index is 0. The Morgan fingerprint density at radius 2 is 1.29 bits per heavy atom. The molecule has 0 fully saturated rings. The number of hydrogen-bond donors (Lipinski definition) is 2. The van der Waals surface area contributed by atoms with Gasteiger partial charge in [0.05, 0.1) is 0 Å². The molecule has 0 aromatic rings. The van der Waals surface area contributed by atoms with Crippen LogP contribution in [0.4, 0.5) is 30.7 Å². The van der Waals surface area contributed by atoms with E-state index in [0.29, 0.717) is 6.54 Å². The number of hydrogen-bond acceptors (Lipinski definition) is 3. The largest absolute Gasteiger partial charge is 0.431 e. The molecule has 0 atom stereocenters. The quantitative estimate of drug-likeness (QED) is 0.268. The summed E-state index contributed by atoms with van der Waals surface area (Å²) in [5, 5.41) is -5.62. The molecule has 0 heterocycles. The standard InChI is InChI=1S/C9H13F7O3S.C3H7N/c10-7(11,9(15,16)20(17,18)19)5-3-1-2-4-6-8(12,13)14;1-2-3-4/h1-6H2,(H,17,18,19);2H,1,3-4H2. The number of unbranched alkanes of at least 4 members (excludes halogenated alkanes) is 3. The second kappa shape index (κ2) is 10.2. The highest BCUT2D eigenvalue weighted by atomic mass is 32.2. The molecule has 0 aliphatic heterocycles. The molecule has 0 aliphatic rings. The SMILES string of the molecule is C=CCN.O=S(=O)(O)C(F)(F)C(F)(F)CCCCCCC(F)(F)F. The molecule has 24 heavy (non-hydrogen) atoms. The minimum absolute atomic E-state index is 0.104. The van der Waals surface area contributed by atoms with Crippen LogP contribution in [0.15, 0.2) is 12.7 Å². The van der Waals surface area contributed by atoms with Crippen LogP contribution in [0.5, 0.6) is 0 Å². The Hall–Kier alpha value is -0.880. The summed E-state index contributed by atoms with van der Waals surface area (Å²) in [6.07, 6.45) is -6.59. The van der Waals surface area contributed by atoms with Gasteiger partial charge in [0.1, 0.15) is 0 Å². The summed E-state index contributed by atoms with van der Waals surface area (Å²) in [7, 11) is -6.26. The minimum Gasteiger partial charge on any atom is -0.327 e. The van der Waals surface area contributed by atoms with E-state index in [1.54, 1.807) is 6.08 Å². The van der Waals surface area contributed by atoms with E-state index in [4.69, 9.17) is 10.3 Å². The first kappa shape index (κ1) is 25.4. The fourth-order valence-corrected chi connectivity index (χ4v) is 1.84. The van der Waals surface area contributed by atoms with Gasteiger partial charge in [-0.2, -0.15) is 39.2 Å². The Morgan fingerprint density at radius 3 is 1.58 bits per heavy atom. The zero-order valence-corrected chi connectivity index (χ0v) is 13.4. The third kappa shape index (κ3) is 10.1. The van der Waals surface area contributed by atoms with E-state index in [9.17, 15) is 39.2 Å². The van der Waals surface area contributed by atoms with E-state index >= 15 is 0 Å². The first-order chi connectivity index (χ1) is 10.6. The van der Waals surface area contributed by atoms with Gasteiger partial charge >= 0.3 is 27.5 Å². The van der Waals surface area contributed by atoms with Crippen molar-refractivity contribution < 1.29 is 43.7 Å². The van der Waals surface area contributed by atoms with E-state index < -0.39 is 46.7 Å². The van der Waals surface area contributed by atoms with Crippen LogP contribution in [0.1, 0.15) is 38.5 Å². The van der Waals surface area contributed by atoms with Crippen LogP contribution in [-0.2, 0) is 10.1 Å². The highest BCUT2D eigenvalue weighted by Crippen LogP contribution is 2.41. The molecule has 0 saturated heterocycles. The van der Waals surface area contributed by atoms with Crippen molar-refractivity contribution in [2.45, 2.75) is 55.9 Å². The fourth-order valence-electron chi connectivity index (χ4n) is 1.36. The molecule has 0 spiro atoms. The number of nitrogens with two attached hydrogens (primary N) is 1. The summed E-state index contributed by atoms with van der Waals surface area (Å²) < 4.78 is 115. The summed E-state index contributed by atoms with van der Waals surface area (Å²) >= 11 is 0. The predicted octanol–water partition coefficient (Wildman–Crippen LogP) is 4.14. The van der Waals surface area contributed by atoms with Gasteiger partial charge < -0.3 is 5.73 Å². The Kier molecular flexibility index (Phi) is 10.8. The predicted molar refractivity (Wildman–Crippen MR) is 74.5 cm³/mol. The van der Waals surface area contributed by atoms with Gasteiger partial charge in [-0.15, -0.1) is 6.58 Å². The maximum absolute atomic E-state index is 12.9. The monoisotopic (exact) mass is 391 g/mol. The first-order valence-corrected chi connectivity index (χ1v) is 8.16. The number of rotatable bonds is 9. The summed E-state index contributed by atoms with van der Waals surface area (Å²) in [6, 6.07) is 0. The van der Waals surface area contributed by atoms with Crippen LogP contribution in [0.2, 0.25) is 0 Å². The first-order valence-electron chi connectivity index (χ1n) is 6.72. The second-order valence-electron chi connectivity index (χ2n) is 4.75. The highest BCUT2D eigenvalue weighted by Gasteiger charge is 2.64. The molecule has 0 radical (unpaired) electrons. The summed E-state index contributed by atoms with van der Waals surface area (Å²) in [6.45, 7) is 3.94. The zero-order valence-electron chi connectivity index (χ0n) is 12.6. The van der Waals surface area contributed by atoms with Gasteiger partial charge in [-0.3, -0.25) is 4.55 Å². The topological polar surface area (TPSA) is 80.4 Å². The lowest BCUT2D eigenvalue weighted by atomic mass is 10.1. The summed E-state index contributed by atoms with van der Waals surface area (Å²) in [5.74, 6) is -4.98. The van der Waals surface area contributed by atoms with E-state index in [1.807, 2.05) is 0 Å². The Bertz CT molecular complexity index is 464. The van der Waals surface area contributed by atoms with Crippen molar-refractivity contribution >= 4 is 10.1 Å². The third-order valence-electron chi connectivity index (χ3n) is 2.62.